The lowest BCUT2D eigenvalue weighted by Crippen LogP contribution is -2.10. The first-order valence-corrected chi connectivity index (χ1v) is 7.17. The van der Waals surface area contributed by atoms with Gasteiger partial charge in [-0.3, -0.25) is 4.79 Å². The van der Waals surface area contributed by atoms with Gasteiger partial charge < -0.3 is 4.74 Å². The van der Waals surface area contributed by atoms with Gasteiger partial charge in [0.2, 0.25) is 0 Å². The van der Waals surface area contributed by atoms with Crippen LogP contribution in [0.1, 0.15) is 27.9 Å². The zero-order valence-electron chi connectivity index (χ0n) is 10.7. The number of ether oxygens (including phenoxy) is 1. The maximum absolute atomic E-state index is 12.5. The van der Waals surface area contributed by atoms with E-state index in [0.29, 0.717) is 21.2 Å². The first-order chi connectivity index (χ1) is 9.66. The first kappa shape index (κ1) is 13.5. The second-order valence-electron chi connectivity index (χ2n) is 4.71. The van der Waals surface area contributed by atoms with Crippen molar-refractivity contribution in [2.24, 2.45) is 0 Å². The van der Waals surface area contributed by atoms with E-state index in [4.69, 9.17) is 27.9 Å². The van der Waals surface area contributed by atoms with Crippen molar-refractivity contribution >= 4 is 29.0 Å². The molecule has 2 aromatic rings. The third-order valence-corrected chi connectivity index (χ3v) is 4.19. The van der Waals surface area contributed by atoms with Gasteiger partial charge in [-0.05, 0) is 48.7 Å². The van der Waals surface area contributed by atoms with Crippen LogP contribution in [0.4, 0.5) is 0 Å². The maximum atomic E-state index is 12.5. The molecular weight excluding hydrogens is 295 g/mol. The maximum Gasteiger partial charge on any atom is 0.194 e. The summed E-state index contributed by atoms with van der Waals surface area (Å²) in [5.41, 5.74) is 2.11. The summed E-state index contributed by atoms with van der Waals surface area (Å²) in [4.78, 5) is 12.5. The number of carbonyl (C=O) groups is 1. The lowest BCUT2D eigenvalue weighted by atomic mass is 9.98. The van der Waals surface area contributed by atoms with Gasteiger partial charge in [0.1, 0.15) is 5.75 Å². The lowest BCUT2D eigenvalue weighted by Gasteiger charge is -2.17. The van der Waals surface area contributed by atoms with Crippen molar-refractivity contribution in [2.45, 2.75) is 12.8 Å². The molecule has 2 nitrogen and oxygen atoms in total. The quantitative estimate of drug-likeness (QED) is 0.761. The van der Waals surface area contributed by atoms with Gasteiger partial charge in [0, 0.05) is 11.1 Å². The molecule has 0 amide bonds. The Balaban J connectivity index is 2.00. The Morgan fingerprint density at radius 2 is 2.00 bits per heavy atom. The molecule has 0 spiro atoms. The van der Waals surface area contributed by atoms with Crippen LogP contribution in [0.5, 0.6) is 5.75 Å². The Morgan fingerprint density at radius 1 is 1.15 bits per heavy atom. The highest BCUT2D eigenvalue weighted by Crippen LogP contribution is 2.30. The van der Waals surface area contributed by atoms with E-state index in [9.17, 15) is 4.79 Å². The fourth-order valence-corrected chi connectivity index (χ4v) is 2.72. The summed E-state index contributed by atoms with van der Waals surface area (Å²) in [6, 6.07) is 10.6. The van der Waals surface area contributed by atoms with E-state index in [1.807, 2.05) is 12.1 Å². The molecule has 0 N–H and O–H groups in total. The predicted octanol–water partition coefficient (Wildman–Crippen LogP) is 4.55. The molecule has 2 aromatic carbocycles. The minimum absolute atomic E-state index is 0.120. The zero-order chi connectivity index (χ0) is 14.1. The molecule has 20 heavy (non-hydrogen) atoms. The molecule has 0 aromatic heterocycles. The Labute approximate surface area is 127 Å². The van der Waals surface area contributed by atoms with Crippen LogP contribution in [0.15, 0.2) is 36.4 Å². The number of hydrogen-bond acceptors (Lipinski definition) is 2. The molecule has 102 valence electrons. The van der Waals surface area contributed by atoms with Crippen LogP contribution in [0.2, 0.25) is 10.0 Å². The minimum atomic E-state index is -0.120. The zero-order valence-corrected chi connectivity index (χ0v) is 12.2. The van der Waals surface area contributed by atoms with Gasteiger partial charge in [-0.1, -0.05) is 29.3 Å². The number of halogens is 2. The fraction of sp³-hybridized carbons (Fsp3) is 0.188. The molecule has 3 rings (SSSR count). The Bertz CT molecular complexity index is 680. The summed E-state index contributed by atoms with van der Waals surface area (Å²) in [7, 11) is 0. The highest BCUT2D eigenvalue weighted by Gasteiger charge is 2.17. The van der Waals surface area contributed by atoms with Crippen molar-refractivity contribution in [3.05, 3.63) is 63.1 Å². The molecule has 1 heterocycles. The largest absolute Gasteiger partial charge is 0.493 e. The van der Waals surface area contributed by atoms with E-state index in [2.05, 4.69) is 0 Å². The van der Waals surface area contributed by atoms with Crippen molar-refractivity contribution < 1.29 is 9.53 Å². The summed E-state index contributed by atoms with van der Waals surface area (Å²) in [6.07, 6.45) is 1.91. The Kier molecular flexibility index (Phi) is 3.68. The number of fused-ring (bicyclic) bond motifs is 1. The molecule has 0 saturated carbocycles. The normalized spacial score (nSPS) is 13.5. The summed E-state index contributed by atoms with van der Waals surface area (Å²) in [6.45, 7) is 0.737. The molecule has 0 fully saturated rings. The van der Waals surface area contributed by atoms with Gasteiger partial charge in [0.15, 0.2) is 5.78 Å². The lowest BCUT2D eigenvalue weighted by molar-refractivity contribution is 0.103. The highest BCUT2D eigenvalue weighted by molar-refractivity contribution is 6.44. The molecule has 0 atom stereocenters. The van der Waals surface area contributed by atoms with Crippen LogP contribution in [0, 0.1) is 0 Å². The molecule has 0 bridgehead atoms. The Morgan fingerprint density at radius 3 is 2.85 bits per heavy atom. The third kappa shape index (κ3) is 2.41. The van der Waals surface area contributed by atoms with Crippen LogP contribution in [0.3, 0.4) is 0 Å². The van der Waals surface area contributed by atoms with E-state index in [-0.39, 0.29) is 5.78 Å². The van der Waals surface area contributed by atoms with E-state index in [1.54, 1.807) is 24.3 Å². The van der Waals surface area contributed by atoms with Gasteiger partial charge >= 0.3 is 0 Å². The molecule has 0 saturated heterocycles. The van der Waals surface area contributed by atoms with Crippen molar-refractivity contribution in [1.82, 2.24) is 0 Å². The Hall–Kier alpha value is -1.51. The van der Waals surface area contributed by atoms with Crippen LogP contribution in [-0.2, 0) is 6.42 Å². The van der Waals surface area contributed by atoms with Crippen molar-refractivity contribution in [2.75, 3.05) is 6.61 Å². The average molecular weight is 307 g/mol. The second-order valence-corrected chi connectivity index (χ2v) is 5.49. The van der Waals surface area contributed by atoms with Crippen molar-refractivity contribution in [1.29, 1.82) is 0 Å². The molecule has 0 radical (unpaired) electrons. The number of hydrogen-bond donors (Lipinski definition) is 0. The number of benzene rings is 2. The van der Waals surface area contributed by atoms with E-state index < -0.39 is 0 Å². The van der Waals surface area contributed by atoms with Crippen molar-refractivity contribution in [3.63, 3.8) is 0 Å². The molecule has 0 aliphatic carbocycles. The third-order valence-electron chi connectivity index (χ3n) is 3.37. The molecule has 1 aliphatic rings. The fourth-order valence-electron chi connectivity index (χ4n) is 2.34. The monoisotopic (exact) mass is 306 g/mol. The SMILES string of the molecule is O=C(c1ccc2c(c1)CCCO2)c1cccc(Cl)c1Cl. The number of aryl methyl sites for hydroxylation is 1. The molecule has 4 heteroatoms. The van der Waals surface area contributed by atoms with E-state index in [0.717, 1.165) is 30.8 Å². The smallest absolute Gasteiger partial charge is 0.194 e. The summed E-state index contributed by atoms with van der Waals surface area (Å²) in [5.74, 6) is 0.746. The van der Waals surface area contributed by atoms with Crippen molar-refractivity contribution in [3.8, 4) is 5.75 Å². The van der Waals surface area contributed by atoms with Crippen LogP contribution in [0.25, 0.3) is 0 Å². The van der Waals surface area contributed by atoms with E-state index in [1.165, 1.54) is 0 Å². The van der Waals surface area contributed by atoms with Gasteiger partial charge in [-0.25, -0.2) is 0 Å². The van der Waals surface area contributed by atoms with Crippen LogP contribution in [-0.4, -0.2) is 12.4 Å². The van der Waals surface area contributed by atoms with E-state index >= 15 is 0 Å². The van der Waals surface area contributed by atoms with Gasteiger partial charge in [0.05, 0.1) is 16.7 Å². The topological polar surface area (TPSA) is 26.3 Å². The number of rotatable bonds is 2. The first-order valence-electron chi connectivity index (χ1n) is 6.41. The summed E-state index contributed by atoms with van der Waals surface area (Å²) >= 11 is 12.1. The number of ketones is 1. The minimum Gasteiger partial charge on any atom is -0.493 e. The van der Waals surface area contributed by atoms with Gasteiger partial charge in [-0.15, -0.1) is 0 Å². The molecule has 1 aliphatic heterocycles. The summed E-state index contributed by atoms with van der Waals surface area (Å²) < 4.78 is 5.55. The molecular formula is C16H12Cl2O2. The standard InChI is InChI=1S/C16H12Cl2O2/c17-13-5-1-4-12(15(13)18)16(19)11-6-7-14-10(9-11)3-2-8-20-14/h1,4-7,9H,2-3,8H2. The molecule has 0 unspecified atom stereocenters. The van der Waals surface area contributed by atoms with Crippen LogP contribution >= 0.6 is 23.2 Å². The predicted molar refractivity (Wildman–Crippen MR) is 80.2 cm³/mol. The van der Waals surface area contributed by atoms with Crippen LogP contribution < -0.4 is 4.74 Å². The second kappa shape index (κ2) is 5.47. The highest BCUT2D eigenvalue weighted by atomic mass is 35.5. The average Bonchev–Trinajstić information content (AvgIpc) is 2.49. The number of carbonyl (C=O) groups excluding carboxylic acids is 1. The van der Waals surface area contributed by atoms with Gasteiger partial charge in [0.25, 0.3) is 0 Å². The summed E-state index contributed by atoms with van der Waals surface area (Å²) in [5, 5.41) is 0.687. The van der Waals surface area contributed by atoms with Gasteiger partial charge in [-0.2, -0.15) is 0 Å².